The van der Waals surface area contributed by atoms with E-state index >= 15 is 0 Å². The number of benzene rings is 1. The second-order valence-electron chi connectivity index (χ2n) is 6.90. The Hall–Kier alpha value is -2.66. The third-order valence-electron chi connectivity index (χ3n) is 4.85. The van der Waals surface area contributed by atoms with Crippen LogP contribution in [0.25, 0.3) is 0 Å². The molecule has 2 N–H and O–H groups in total. The van der Waals surface area contributed by atoms with Crippen molar-refractivity contribution in [2.75, 3.05) is 25.1 Å². The third kappa shape index (κ3) is 3.42. The molecule has 8 nitrogen and oxygen atoms in total. The summed E-state index contributed by atoms with van der Waals surface area (Å²) in [6.07, 6.45) is -4.55. The van der Waals surface area contributed by atoms with Gasteiger partial charge in [-0.25, -0.2) is 9.67 Å². The Balaban J connectivity index is 1.52. The summed E-state index contributed by atoms with van der Waals surface area (Å²) in [6.45, 7) is 1.74. The zero-order chi connectivity index (χ0) is 20.1. The van der Waals surface area contributed by atoms with Crippen molar-refractivity contribution in [3.05, 3.63) is 35.4 Å². The van der Waals surface area contributed by atoms with E-state index in [0.717, 1.165) is 5.56 Å². The molecule has 11 heteroatoms. The number of halogens is 3. The minimum absolute atomic E-state index is 0.110. The standard InChI is InChI=1S/C17H19F3N6O2/c1-24-12-6-10(2-3-13(12)28-9-11(21)15(24)27)7-25-4-5-26-14(8-25)22-16(23-26)17(18,19)20/h2-3,6,11H,4-5,7-9,21H2,1H3/t11-/m0/s1. The molecule has 1 atom stereocenters. The first kappa shape index (κ1) is 18.7. The summed E-state index contributed by atoms with van der Waals surface area (Å²) in [7, 11) is 1.64. The molecule has 2 aliphatic heterocycles. The van der Waals surface area contributed by atoms with Crippen LogP contribution < -0.4 is 15.4 Å². The molecule has 2 aromatic rings. The monoisotopic (exact) mass is 396 g/mol. The summed E-state index contributed by atoms with van der Waals surface area (Å²) in [4.78, 5) is 19.3. The quantitative estimate of drug-likeness (QED) is 0.815. The van der Waals surface area contributed by atoms with E-state index in [2.05, 4.69) is 10.1 Å². The number of nitrogens with two attached hydrogens (primary N) is 1. The number of amides is 1. The number of hydrogen-bond donors (Lipinski definition) is 1. The van der Waals surface area contributed by atoms with Crippen LogP contribution in [-0.4, -0.2) is 51.8 Å². The van der Waals surface area contributed by atoms with Gasteiger partial charge < -0.3 is 15.4 Å². The second kappa shape index (κ2) is 6.74. The van der Waals surface area contributed by atoms with E-state index < -0.39 is 18.0 Å². The van der Waals surface area contributed by atoms with Crippen molar-refractivity contribution in [2.45, 2.75) is 31.9 Å². The fourth-order valence-electron chi connectivity index (χ4n) is 3.36. The SMILES string of the molecule is CN1C(=O)[C@@H](N)COc2ccc(CN3CCn4nc(C(F)(F)F)nc4C3)cc21. The molecule has 0 fully saturated rings. The number of anilines is 1. The Morgan fingerprint density at radius 1 is 1.32 bits per heavy atom. The fourth-order valence-corrected chi connectivity index (χ4v) is 3.36. The molecule has 2 aliphatic rings. The Morgan fingerprint density at radius 2 is 2.11 bits per heavy atom. The van der Waals surface area contributed by atoms with Crippen molar-refractivity contribution < 1.29 is 22.7 Å². The molecule has 0 aliphatic carbocycles. The molecule has 0 bridgehead atoms. The number of nitrogens with zero attached hydrogens (tertiary/aromatic N) is 5. The van der Waals surface area contributed by atoms with Gasteiger partial charge in [-0.3, -0.25) is 9.69 Å². The lowest BCUT2D eigenvalue weighted by molar-refractivity contribution is -0.145. The van der Waals surface area contributed by atoms with Crippen molar-refractivity contribution in [1.82, 2.24) is 19.7 Å². The normalized spacial score (nSPS) is 20.4. The zero-order valence-corrected chi connectivity index (χ0v) is 15.1. The predicted molar refractivity (Wildman–Crippen MR) is 92.5 cm³/mol. The lowest BCUT2D eigenvalue weighted by Gasteiger charge is -2.27. The highest BCUT2D eigenvalue weighted by Crippen LogP contribution is 2.32. The van der Waals surface area contributed by atoms with E-state index in [-0.39, 0.29) is 24.9 Å². The van der Waals surface area contributed by atoms with Gasteiger partial charge in [0, 0.05) is 20.1 Å². The number of fused-ring (bicyclic) bond motifs is 2. The van der Waals surface area contributed by atoms with Gasteiger partial charge in [0.05, 0.1) is 18.8 Å². The number of carbonyl (C=O) groups excluding carboxylic acids is 1. The third-order valence-corrected chi connectivity index (χ3v) is 4.85. The highest BCUT2D eigenvalue weighted by Gasteiger charge is 2.38. The average molecular weight is 396 g/mol. The number of rotatable bonds is 2. The molecule has 28 heavy (non-hydrogen) atoms. The van der Waals surface area contributed by atoms with Crippen LogP contribution in [0.4, 0.5) is 18.9 Å². The average Bonchev–Trinajstić information content (AvgIpc) is 3.05. The van der Waals surface area contributed by atoms with Gasteiger partial charge in [-0.2, -0.15) is 13.2 Å². The molecular formula is C17H19F3N6O2. The summed E-state index contributed by atoms with van der Waals surface area (Å²) in [5, 5.41) is 3.54. The van der Waals surface area contributed by atoms with Crippen molar-refractivity contribution in [2.24, 2.45) is 5.73 Å². The molecule has 0 spiro atoms. The topological polar surface area (TPSA) is 89.5 Å². The molecule has 1 amide bonds. The number of hydrogen-bond acceptors (Lipinski definition) is 6. The highest BCUT2D eigenvalue weighted by atomic mass is 19.4. The van der Waals surface area contributed by atoms with Gasteiger partial charge in [0.15, 0.2) is 0 Å². The van der Waals surface area contributed by atoms with Gasteiger partial charge in [0.1, 0.15) is 24.2 Å². The molecule has 0 saturated carbocycles. The van der Waals surface area contributed by atoms with Crippen molar-refractivity contribution >= 4 is 11.6 Å². The van der Waals surface area contributed by atoms with E-state index in [4.69, 9.17) is 10.5 Å². The first-order valence-corrected chi connectivity index (χ1v) is 8.74. The van der Waals surface area contributed by atoms with E-state index in [1.165, 1.54) is 9.58 Å². The van der Waals surface area contributed by atoms with Crippen LogP contribution in [0.2, 0.25) is 0 Å². The van der Waals surface area contributed by atoms with E-state index in [0.29, 0.717) is 31.1 Å². The Labute approximate surface area is 158 Å². The lowest BCUT2D eigenvalue weighted by atomic mass is 10.1. The molecule has 0 unspecified atom stereocenters. The van der Waals surface area contributed by atoms with Gasteiger partial charge in [-0.05, 0) is 17.7 Å². The molecule has 0 saturated heterocycles. The highest BCUT2D eigenvalue weighted by molar-refractivity contribution is 5.98. The summed E-state index contributed by atoms with van der Waals surface area (Å²) in [5.74, 6) is -0.486. The van der Waals surface area contributed by atoms with Crippen molar-refractivity contribution in [3.8, 4) is 5.75 Å². The van der Waals surface area contributed by atoms with Gasteiger partial charge >= 0.3 is 6.18 Å². The van der Waals surface area contributed by atoms with Gasteiger partial charge in [-0.15, -0.1) is 5.10 Å². The molecule has 1 aromatic heterocycles. The summed E-state index contributed by atoms with van der Waals surface area (Å²) < 4.78 is 45.3. The summed E-state index contributed by atoms with van der Waals surface area (Å²) >= 11 is 0. The molecule has 3 heterocycles. The Bertz CT molecular complexity index is 913. The lowest BCUT2D eigenvalue weighted by Crippen LogP contribution is -2.43. The van der Waals surface area contributed by atoms with Crippen molar-refractivity contribution in [1.29, 1.82) is 0 Å². The van der Waals surface area contributed by atoms with Crippen molar-refractivity contribution in [3.63, 3.8) is 0 Å². The smallest absolute Gasteiger partial charge is 0.453 e. The molecular weight excluding hydrogens is 377 g/mol. The fraction of sp³-hybridized carbons (Fsp3) is 0.471. The Kier molecular flexibility index (Phi) is 4.50. The molecule has 150 valence electrons. The number of alkyl halides is 3. The first-order valence-electron chi connectivity index (χ1n) is 8.74. The maximum Gasteiger partial charge on any atom is 0.453 e. The van der Waals surface area contributed by atoms with Crippen LogP contribution in [0.1, 0.15) is 17.2 Å². The summed E-state index contributed by atoms with van der Waals surface area (Å²) in [6, 6.07) is 4.76. The van der Waals surface area contributed by atoms with Crippen LogP contribution in [0.5, 0.6) is 5.75 Å². The maximum absolute atomic E-state index is 12.8. The van der Waals surface area contributed by atoms with Gasteiger partial charge in [0.25, 0.3) is 5.82 Å². The minimum atomic E-state index is -4.55. The molecule has 4 rings (SSSR count). The van der Waals surface area contributed by atoms with Gasteiger partial charge in [0.2, 0.25) is 5.91 Å². The number of carbonyl (C=O) groups is 1. The van der Waals surface area contributed by atoms with Crippen LogP contribution in [0.3, 0.4) is 0 Å². The second-order valence-corrected chi connectivity index (χ2v) is 6.90. The van der Waals surface area contributed by atoms with E-state index in [9.17, 15) is 18.0 Å². The van der Waals surface area contributed by atoms with Crippen LogP contribution in [0, 0.1) is 0 Å². The van der Waals surface area contributed by atoms with Gasteiger partial charge in [-0.1, -0.05) is 6.07 Å². The predicted octanol–water partition coefficient (Wildman–Crippen LogP) is 0.995. The first-order chi connectivity index (χ1) is 13.2. The van der Waals surface area contributed by atoms with Crippen LogP contribution in [0.15, 0.2) is 18.2 Å². The zero-order valence-electron chi connectivity index (χ0n) is 15.1. The number of ether oxygens (including phenoxy) is 1. The van der Waals surface area contributed by atoms with E-state index in [1.807, 2.05) is 17.0 Å². The number of aromatic nitrogens is 3. The largest absolute Gasteiger partial charge is 0.489 e. The molecule has 1 aromatic carbocycles. The maximum atomic E-state index is 12.8. The molecule has 0 radical (unpaired) electrons. The van der Waals surface area contributed by atoms with Crippen LogP contribution >= 0.6 is 0 Å². The van der Waals surface area contributed by atoms with E-state index in [1.54, 1.807) is 13.1 Å². The van der Waals surface area contributed by atoms with Crippen LogP contribution in [-0.2, 0) is 30.6 Å². The summed E-state index contributed by atoms with van der Waals surface area (Å²) in [5.41, 5.74) is 7.32. The number of likely N-dealkylation sites (N-methyl/N-ethyl adjacent to an activating group) is 1. The Morgan fingerprint density at radius 3 is 2.86 bits per heavy atom. The minimum Gasteiger partial charge on any atom is -0.489 e.